The topological polar surface area (TPSA) is 281 Å². The van der Waals surface area contributed by atoms with Crippen LogP contribution in [0.4, 0.5) is 0 Å². The molecule has 0 aliphatic heterocycles. The van der Waals surface area contributed by atoms with Gasteiger partial charge >= 0.3 is 41.6 Å². The number of benzene rings is 1. The van der Waals surface area contributed by atoms with Crippen LogP contribution in [-0.2, 0) is 68.0 Å². The molecule has 0 radical (unpaired) electrons. The van der Waals surface area contributed by atoms with Crippen molar-refractivity contribution in [3.8, 4) is 0 Å². The molecule has 0 heterocycles. The first kappa shape index (κ1) is 35.4. The highest BCUT2D eigenvalue weighted by atomic mass is 32.7. The Kier molecular flexibility index (Phi) is 16.0. The van der Waals surface area contributed by atoms with Crippen LogP contribution in [-0.4, -0.2) is 64.2 Å². The second kappa shape index (κ2) is 15.4. The SMILES string of the molecule is CCOP(=O)(SCC)c1ccccc1.O=S(=O)(O)OOS(=O)(=O)O.O=S(=O)(O)OOS(=O)(=O)O. The molecule has 0 fully saturated rings. The highest BCUT2D eigenvalue weighted by Crippen LogP contribution is 2.58. The van der Waals surface area contributed by atoms with E-state index in [9.17, 15) is 38.2 Å². The molecule has 18 nitrogen and oxygen atoms in total. The van der Waals surface area contributed by atoms with Gasteiger partial charge in [-0.3, -0.25) is 22.8 Å². The van der Waals surface area contributed by atoms with E-state index in [-0.39, 0.29) is 0 Å². The third kappa shape index (κ3) is 23.0. The highest BCUT2D eigenvalue weighted by molar-refractivity contribution is 8.58. The van der Waals surface area contributed by atoms with Gasteiger partial charge in [0.1, 0.15) is 0 Å². The molecule has 0 bridgehead atoms. The number of hydrogen-bond acceptors (Lipinski definition) is 15. The lowest BCUT2D eigenvalue weighted by Crippen LogP contribution is -2.10. The summed E-state index contributed by atoms with van der Waals surface area (Å²) in [5.74, 6) is 0.798. The smallest absolute Gasteiger partial charge is 0.318 e. The van der Waals surface area contributed by atoms with Crippen molar-refractivity contribution in [2.45, 2.75) is 13.8 Å². The van der Waals surface area contributed by atoms with E-state index < -0.39 is 48.2 Å². The molecular formula is C10H19O18PS5. The fourth-order valence-electron chi connectivity index (χ4n) is 1.28. The lowest BCUT2D eigenvalue weighted by atomic mass is 10.4. The minimum absolute atomic E-state index is 0.485. The Labute approximate surface area is 199 Å². The number of rotatable bonds is 11. The standard InChI is InChI=1S/C10H15O2PS.2H2O8S2/c1-3-12-13(11,14-4-2)10-8-6-5-7-9-10;2*1-9(2,3)7-8-10(4,5)6/h5-9H,3-4H2,1-2H3;2*(H,1,2,3)(H,4,5,6). The van der Waals surface area contributed by atoms with Crippen molar-refractivity contribution in [2.75, 3.05) is 12.4 Å². The molecule has 0 saturated carbocycles. The van der Waals surface area contributed by atoms with E-state index in [1.54, 1.807) is 0 Å². The fraction of sp³-hybridized carbons (Fsp3) is 0.400. The molecule has 1 aromatic rings. The van der Waals surface area contributed by atoms with Crippen LogP contribution in [0.3, 0.4) is 0 Å². The molecule has 0 aliphatic rings. The average Bonchev–Trinajstić information content (AvgIpc) is 2.65. The van der Waals surface area contributed by atoms with Crippen LogP contribution in [0.5, 0.6) is 0 Å². The summed E-state index contributed by atoms with van der Waals surface area (Å²) >= 11 is 1.39. The lowest BCUT2D eigenvalue weighted by Gasteiger charge is -2.15. The molecule has 1 unspecified atom stereocenters. The monoisotopic (exact) mass is 618 g/mol. The predicted molar refractivity (Wildman–Crippen MR) is 114 cm³/mol. The summed E-state index contributed by atoms with van der Waals surface area (Å²) in [7, 11) is -20.1. The Bertz CT molecular complexity index is 1050. The molecule has 34 heavy (non-hydrogen) atoms. The Balaban J connectivity index is 0. The third-order valence-electron chi connectivity index (χ3n) is 2.07. The maximum atomic E-state index is 12.4. The summed E-state index contributed by atoms with van der Waals surface area (Å²) in [4.78, 5) is 0. The minimum atomic E-state index is -5.02. The van der Waals surface area contributed by atoms with Gasteiger partial charge < -0.3 is 4.52 Å². The van der Waals surface area contributed by atoms with E-state index in [4.69, 9.17) is 22.7 Å². The quantitative estimate of drug-likeness (QED) is 0.113. The van der Waals surface area contributed by atoms with Gasteiger partial charge in [-0.1, -0.05) is 53.8 Å². The zero-order valence-electron chi connectivity index (χ0n) is 16.8. The summed E-state index contributed by atoms with van der Waals surface area (Å²) < 4.78 is 135. The van der Waals surface area contributed by atoms with Crippen LogP contribution < -0.4 is 5.30 Å². The van der Waals surface area contributed by atoms with E-state index in [0.29, 0.717) is 6.61 Å². The van der Waals surface area contributed by atoms with Crippen molar-refractivity contribution in [3.05, 3.63) is 30.3 Å². The predicted octanol–water partition coefficient (Wildman–Crippen LogP) is 0.375. The van der Waals surface area contributed by atoms with Crippen molar-refractivity contribution < 1.29 is 78.3 Å². The maximum absolute atomic E-state index is 12.4. The zero-order valence-corrected chi connectivity index (χ0v) is 21.8. The van der Waals surface area contributed by atoms with E-state index in [2.05, 4.69) is 17.3 Å². The third-order valence-corrected chi connectivity index (χ3v) is 8.07. The van der Waals surface area contributed by atoms with Gasteiger partial charge in [-0.05, 0) is 24.8 Å². The van der Waals surface area contributed by atoms with Crippen LogP contribution >= 0.6 is 18.0 Å². The highest BCUT2D eigenvalue weighted by Gasteiger charge is 2.24. The molecule has 0 aromatic heterocycles. The molecule has 1 atom stereocenters. The van der Waals surface area contributed by atoms with E-state index in [1.165, 1.54) is 11.4 Å². The van der Waals surface area contributed by atoms with E-state index >= 15 is 0 Å². The van der Waals surface area contributed by atoms with Gasteiger partial charge in [-0.15, -0.1) is 0 Å². The summed E-state index contributed by atoms with van der Waals surface area (Å²) in [6.07, 6.45) is 0. The number of hydrogen-bond donors (Lipinski definition) is 4. The summed E-state index contributed by atoms with van der Waals surface area (Å²) in [6.45, 7) is 1.68. The van der Waals surface area contributed by atoms with Crippen molar-refractivity contribution in [3.63, 3.8) is 0 Å². The molecule has 1 aromatic carbocycles. The van der Waals surface area contributed by atoms with Gasteiger partial charge in [-0.25, -0.2) is 0 Å². The van der Waals surface area contributed by atoms with Gasteiger partial charge in [0.15, 0.2) is 0 Å². The Morgan fingerprint density at radius 2 is 1.03 bits per heavy atom. The molecule has 0 spiro atoms. The van der Waals surface area contributed by atoms with Gasteiger partial charge in [0, 0.05) is 5.30 Å². The minimum Gasteiger partial charge on any atom is -0.318 e. The first-order chi connectivity index (χ1) is 15.1. The van der Waals surface area contributed by atoms with E-state index in [1.807, 2.05) is 44.2 Å². The van der Waals surface area contributed by atoms with Crippen molar-refractivity contribution in [2.24, 2.45) is 0 Å². The normalized spacial score (nSPS) is 14.1. The summed E-state index contributed by atoms with van der Waals surface area (Å²) in [6, 6.07) is 9.41. The van der Waals surface area contributed by atoms with Crippen molar-refractivity contribution >= 4 is 64.9 Å². The van der Waals surface area contributed by atoms with Crippen molar-refractivity contribution in [1.29, 1.82) is 0 Å². The molecule has 1 rings (SSSR count). The van der Waals surface area contributed by atoms with Crippen LogP contribution in [0.1, 0.15) is 13.8 Å². The second-order valence-corrected chi connectivity index (χ2v) is 13.4. The first-order valence-electron chi connectivity index (χ1n) is 7.74. The Morgan fingerprint density at radius 3 is 1.26 bits per heavy atom. The van der Waals surface area contributed by atoms with Gasteiger partial charge in [-0.2, -0.15) is 33.7 Å². The molecule has 202 valence electrons. The second-order valence-electron chi connectivity index (χ2n) is 4.65. The Morgan fingerprint density at radius 1 is 0.706 bits per heavy atom. The van der Waals surface area contributed by atoms with E-state index in [0.717, 1.165) is 11.1 Å². The molecular weight excluding hydrogens is 599 g/mol. The summed E-state index contributed by atoms with van der Waals surface area (Å²) in [5, 5.41) is 0.800. The molecule has 24 heteroatoms. The van der Waals surface area contributed by atoms with Crippen molar-refractivity contribution in [1.82, 2.24) is 0 Å². The molecule has 4 N–H and O–H groups in total. The van der Waals surface area contributed by atoms with Crippen LogP contribution in [0.15, 0.2) is 30.3 Å². The van der Waals surface area contributed by atoms with Gasteiger partial charge in [0.2, 0.25) is 0 Å². The van der Waals surface area contributed by atoms with Gasteiger partial charge in [0.05, 0.1) is 6.61 Å². The largest absolute Gasteiger partial charge is 0.425 e. The zero-order chi connectivity index (χ0) is 27.3. The van der Waals surface area contributed by atoms with Crippen LogP contribution in [0.2, 0.25) is 0 Å². The van der Waals surface area contributed by atoms with Crippen LogP contribution in [0, 0.1) is 0 Å². The Hall–Kier alpha value is -0.760. The molecule has 0 aliphatic carbocycles. The average molecular weight is 619 g/mol. The lowest BCUT2D eigenvalue weighted by molar-refractivity contribution is -0.105. The fourth-order valence-corrected chi connectivity index (χ4v) is 6.36. The molecule has 0 saturated heterocycles. The first-order valence-corrected chi connectivity index (χ1v) is 16.4. The summed E-state index contributed by atoms with van der Waals surface area (Å²) in [5.41, 5.74) is 0. The molecule has 0 amide bonds. The van der Waals surface area contributed by atoms with Gasteiger partial charge in [0.25, 0.3) is 6.57 Å². The maximum Gasteiger partial charge on any atom is 0.425 e. The van der Waals surface area contributed by atoms with Crippen LogP contribution in [0.25, 0.3) is 0 Å².